The molecule has 4 rings (SSSR count). The van der Waals surface area contributed by atoms with Crippen LogP contribution in [0.15, 0.2) is 78.9 Å². The summed E-state index contributed by atoms with van der Waals surface area (Å²) in [6, 6.07) is 26.2. The lowest BCUT2D eigenvalue weighted by molar-refractivity contribution is 0.340. The lowest BCUT2D eigenvalue weighted by Gasteiger charge is -2.11. The first-order valence-electron chi connectivity index (χ1n) is 11.0. The van der Waals surface area contributed by atoms with Gasteiger partial charge in [-0.05, 0) is 74.4 Å². The fourth-order valence-corrected chi connectivity index (χ4v) is 3.51. The Hall–Kier alpha value is -3.73. The van der Waals surface area contributed by atoms with Crippen molar-refractivity contribution in [2.24, 2.45) is 0 Å². The van der Waals surface area contributed by atoms with Crippen LogP contribution >= 0.6 is 0 Å². The Morgan fingerprint density at radius 1 is 0.594 bits per heavy atom. The third-order valence-corrected chi connectivity index (χ3v) is 5.09. The molecule has 3 aromatic carbocycles. The van der Waals surface area contributed by atoms with E-state index in [1.54, 1.807) is 0 Å². The van der Waals surface area contributed by atoms with Gasteiger partial charge in [0.1, 0.15) is 22.9 Å². The van der Waals surface area contributed by atoms with Gasteiger partial charge in [0.25, 0.3) is 0 Å². The molecular formula is C27H27N3O2. The number of rotatable bonds is 9. The standard InChI is InChI=1S/C27H27N3O2/c1-3-31-23-15-11-21(12-16-23)26-27(22-13-17-24(18-14-22)32-4-2)30-29-25(28-26)19-10-20-8-6-5-7-9-20/h5-9,11-18H,3-4,10,19H2,1-2H3. The summed E-state index contributed by atoms with van der Waals surface area (Å²) in [5, 5.41) is 9.03. The first kappa shape index (κ1) is 21.5. The normalized spacial score (nSPS) is 10.7. The van der Waals surface area contributed by atoms with E-state index >= 15 is 0 Å². The zero-order valence-electron chi connectivity index (χ0n) is 18.5. The van der Waals surface area contributed by atoms with Gasteiger partial charge in [0.15, 0.2) is 5.82 Å². The van der Waals surface area contributed by atoms with Crippen LogP contribution in [0.1, 0.15) is 25.2 Å². The molecule has 0 aliphatic carbocycles. The van der Waals surface area contributed by atoms with E-state index in [4.69, 9.17) is 14.5 Å². The Morgan fingerprint density at radius 2 is 1.16 bits per heavy atom. The number of hydrogen-bond donors (Lipinski definition) is 0. The number of aromatic nitrogens is 3. The van der Waals surface area contributed by atoms with Gasteiger partial charge in [-0.3, -0.25) is 0 Å². The molecule has 0 saturated heterocycles. The van der Waals surface area contributed by atoms with Crippen LogP contribution in [-0.2, 0) is 12.8 Å². The highest BCUT2D eigenvalue weighted by Crippen LogP contribution is 2.30. The zero-order chi connectivity index (χ0) is 22.2. The largest absolute Gasteiger partial charge is 0.494 e. The maximum Gasteiger partial charge on any atom is 0.152 e. The van der Waals surface area contributed by atoms with E-state index in [1.807, 2.05) is 68.4 Å². The van der Waals surface area contributed by atoms with E-state index in [9.17, 15) is 0 Å². The highest BCUT2D eigenvalue weighted by atomic mass is 16.5. The molecule has 0 fully saturated rings. The Kier molecular flexibility index (Phi) is 7.08. The Balaban J connectivity index is 1.68. The minimum Gasteiger partial charge on any atom is -0.494 e. The lowest BCUT2D eigenvalue weighted by atomic mass is 10.0. The van der Waals surface area contributed by atoms with Crippen molar-refractivity contribution < 1.29 is 9.47 Å². The molecule has 5 nitrogen and oxygen atoms in total. The second-order valence-corrected chi connectivity index (χ2v) is 7.33. The van der Waals surface area contributed by atoms with Crippen molar-refractivity contribution in [3.8, 4) is 34.0 Å². The minimum absolute atomic E-state index is 0.633. The topological polar surface area (TPSA) is 57.1 Å². The van der Waals surface area contributed by atoms with Crippen molar-refractivity contribution in [1.29, 1.82) is 0 Å². The van der Waals surface area contributed by atoms with Crippen molar-refractivity contribution in [2.45, 2.75) is 26.7 Å². The van der Waals surface area contributed by atoms with Crippen LogP contribution in [-0.4, -0.2) is 28.4 Å². The quantitative estimate of drug-likeness (QED) is 0.340. The molecule has 5 heteroatoms. The van der Waals surface area contributed by atoms with Gasteiger partial charge in [-0.25, -0.2) is 4.98 Å². The number of ether oxygens (including phenoxy) is 2. The maximum absolute atomic E-state index is 5.60. The fraction of sp³-hybridized carbons (Fsp3) is 0.222. The van der Waals surface area contributed by atoms with E-state index in [0.717, 1.165) is 52.7 Å². The number of benzene rings is 3. The predicted molar refractivity (Wildman–Crippen MR) is 127 cm³/mol. The zero-order valence-corrected chi connectivity index (χ0v) is 18.5. The summed E-state index contributed by atoms with van der Waals surface area (Å²) < 4.78 is 11.2. The first-order valence-corrected chi connectivity index (χ1v) is 11.0. The van der Waals surface area contributed by atoms with Gasteiger partial charge >= 0.3 is 0 Å². The molecule has 0 atom stereocenters. The fourth-order valence-electron chi connectivity index (χ4n) is 3.51. The number of nitrogens with zero attached hydrogens (tertiary/aromatic N) is 3. The third-order valence-electron chi connectivity index (χ3n) is 5.09. The molecule has 0 N–H and O–H groups in total. The van der Waals surface area contributed by atoms with Gasteiger partial charge in [-0.2, -0.15) is 0 Å². The van der Waals surface area contributed by atoms with Gasteiger partial charge < -0.3 is 9.47 Å². The Bertz CT molecular complexity index is 1130. The van der Waals surface area contributed by atoms with Gasteiger partial charge in [-0.15, -0.1) is 10.2 Å². The SMILES string of the molecule is CCOc1ccc(-c2nnc(CCc3ccccc3)nc2-c2ccc(OCC)cc2)cc1. The van der Waals surface area contributed by atoms with E-state index in [1.165, 1.54) is 5.56 Å². The Morgan fingerprint density at radius 3 is 1.72 bits per heavy atom. The van der Waals surface area contributed by atoms with Crippen molar-refractivity contribution in [3.63, 3.8) is 0 Å². The predicted octanol–water partition coefficient (Wildman–Crippen LogP) is 5.79. The second-order valence-electron chi connectivity index (χ2n) is 7.33. The summed E-state index contributed by atoms with van der Waals surface area (Å²) in [6.45, 7) is 5.22. The van der Waals surface area contributed by atoms with Gasteiger partial charge in [-0.1, -0.05) is 30.3 Å². The average molecular weight is 426 g/mol. The average Bonchev–Trinajstić information content (AvgIpc) is 2.85. The molecule has 32 heavy (non-hydrogen) atoms. The monoisotopic (exact) mass is 425 g/mol. The first-order chi connectivity index (χ1) is 15.8. The van der Waals surface area contributed by atoms with Crippen LogP contribution < -0.4 is 9.47 Å². The van der Waals surface area contributed by atoms with Crippen LogP contribution in [0, 0.1) is 0 Å². The second kappa shape index (κ2) is 10.5. The Labute approximate surface area is 189 Å². The van der Waals surface area contributed by atoms with Gasteiger partial charge in [0.2, 0.25) is 0 Å². The van der Waals surface area contributed by atoms with E-state index < -0.39 is 0 Å². The van der Waals surface area contributed by atoms with Crippen molar-refractivity contribution in [3.05, 3.63) is 90.3 Å². The summed E-state index contributed by atoms with van der Waals surface area (Å²) in [7, 11) is 0. The van der Waals surface area contributed by atoms with E-state index in [2.05, 4.69) is 34.5 Å². The molecule has 1 aromatic heterocycles. The summed E-state index contributed by atoms with van der Waals surface area (Å²) in [5.41, 5.74) is 4.75. The van der Waals surface area contributed by atoms with Crippen molar-refractivity contribution in [1.82, 2.24) is 15.2 Å². The molecule has 0 unspecified atom stereocenters. The highest BCUT2D eigenvalue weighted by molar-refractivity contribution is 5.77. The molecule has 0 amide bonds. The van der Waals surface area contributed by atoms with Crippen LogP contribution in [0.25, 0.3) is 22.5 Å². The summed E-state index contributed by atoms with van der Waals surface area (Å²) in [6.07, 6.45) is 1.60. The molecule has 0 aliphatic rings. The smallest absolute Gasteiger partial charge is 0.152 e. The van der Waals surface area contributed by atoms with Crippen molar-refractivity contribution in [2.75, 3.05) is 13.2 Å². The third kappa shape index (κ3) is 5.30. The number of hydrogen-bond acceptors (Lipinski definition) is 5. The molecular weight excluding hydrogens is 398 g/mol. The van der Waals surface area contributed by atoms with Crippen molar-refractivity contribution >= 4 is 0 Å². The van der Waals surface area contributed by atoms with Crippen LogP contribution in [0.4, 0.5) is 0 Å². The lowest BCUT2D eigenvalue weighted by Crippen LogP contribution is -2.05. The van der Waals surface area contributed by atoms with Crippen LogP contribution in [0.5, 0.6) is 11.5 Å². The molecule has 0 radical (unpaired) electrons. The minimum atomic E-state index is 0.633. The summed E-state index contributed by atoms with van der Waals surface area (Å²) in [4.78, 5) is 4.92. The maximum atomic E-state index is 5.60. The van der Waals surface area contributed by atoms with Crippen LogP contribution in [0.2, 0.25) is 0 Å². The highest BCUT2D eigenvalue weighted by Gasteiger charge is 2.14. The molecule has 1 heterocycles. The molecule has 0 saturated carbocycles. The summed E-state index contributed by atoms with van der Waals surface area (Å²) in [5.74, 6) is 2.40. The number of aryl methyl sites for hydroxylation is 2. The molecule has 0 aliphatic heterocycles. The van der Waals surface area contributed by atoms with Crippen LogP contribution in [0.3, 0.4) is 0 Å². The molecule has 0 spiro atoms. The molecule has 4 aromatic rings. The van der Waals surface area contributed by atoms with E-state index in [0.29, 0.717) is 13.2 Å². The molecule has 0 bridgehead atoms. The summed E-state index contributed by atoms with van der Waals surface area (Å²) >= 11 is 0. The van der Waals surface area contributed by atoms with Gasteiger partial charge in [0.05, 0.1) is 13.2 Å². The van der Waals surface area contributed by atoms with Gasteiger partial charge in [0, 0.05) is 17.5 Å². The molecule has 162 valence electrons. The van der Waals surface area contributed by atoms with E-state index in [-0.39, 0.29) is 0 Å².